The second-order valence-corrected chi connectivity index (χ2v) is 4.48. The molecular weight excluding hydrogens is 226 g/mol. The average Bonchev–Trinajstić information content (AvgIpc) is 2.40. The standard InChI is InChI=1S/C15H25NO2/c1-4-13(16)8-6-7-12-9-10-14(18-5-2)15(11-12)17-3/h9-11,13H,4-8,16H2,1-3H3. The number of methoxy groups -OCH3 is 1. The molecule has 3 heteroatoms. The third-order valence-electron chi connectivity index (χ3n) is 3.09. The van der Waals surface area contributed by atoms with Gasteiger partial charge in [0, 0.05) is 6.04 Å². The Morgan fingerprint density at radius 1 is 1.22 bits per heavy atom. The molecule has 0 bridgehead atoms. The van der Waals surface area contributed by atoms with Gasteiger partial charge in [0.15, 0.2) is 11.5 Å². The van der Waals surface area contributed by atoms with E-state index in [0.29, 0.717) is 12.6 Å². The van der Waals surface area contributed by atoms with Crippen molar-refractivity contribution in [3.63, 3.8) is 0 Å². The zero-order valence-corrected chi connectivity index (χ0v) is 11.7. The lowest BCUT2D eigenvalue weighted by molar-refractivity contribution is 0.310. The summed E-state index contributed by atoms with van der Waals surface area (Å²) in [6, 6.07) is 6.47. The lowest BCUT2D eigenvalue weighted by Gasteiger charge is -2.12. The number of hydrogen-bond donors (Lipinski definition) is 1. The molecule has 1 rings (SSSR count). The molecule has 1 aromatic rings. The van der Waals surface area contributed by atoms with Crippen molar-refractivity contribution in [3.8, 4) is 11.5 Å². The van der Waals surface area contributed by atoms with E-state index in [0.717, 1.165) is 37.2 Å². The molecule has 1 atom stereocenters. The number of aryl methyl sites for hydroxylation is 1. The zero-order valence-electron chi connectivity index (χ0n) is 11.7. The van der Waals surface area contributed by atoms with Crippen molar-refractivity contribution in [2.75, 3.05) is 13.7 Å². The minimum Gasteiger partial charge on any atom is -0.493 e. The smallest absolute Gasteiger partial charge is 0.161 e. The summed E-state index contributed by atoms with van der Waals surface area (Å²) in [5.74, 6) is 1.63. The van der Waals surface area contributed by atoms with Gasteiger partial charge in [-0.25, -0.2) is 0 Å². The molecule has 2 N–H and O–H groups in total. The second-order valence-electron chi connectivity index (χ2n) is 4.48. The van der Waals surface area contributed by atoms with Crippen LogP contribution in [0.3, 0.4) is 0 Å². The van der Waals surface area contributed by atoms with E-state index in [1.165, 1.54) is 5.56 Å². The first-order chi connectivity index (χ1) is 8.71. The highest BCUT2D eigenvalue weighted by molar-refractivity contribution is 5.42. The molecule has 1 unspecified atom stereocenters. The van der Waals surface area contributed by atoms with Gasteiger partial charge in [-0.2, -0.15) is 0 Å². The molecule has 0 saturated heterocycles. The van der Waals surface area contributed by atoms with Crippen LogP contribution in [-0.4, -0.2) is 19.8 Å². The van der Waals surface area contributed by atoms with E-state index in [1.54, 1.807) is 7.11 Å². The molecule has 0 aromatic heterocycles. The molecule has 3 nitrogen and oxygen atoms in total. The quantitative estimate of drug-likeness (QED) is 0.772. The molecule has 0 saturated carbocycles. The molecule has 1 aromatic carbocycles. The Hall–Kier alpha value is -1.22. The summed E-state index contributed by atoms with van der Waals surface area (Å²) in [5.41, 5.74) is 7.19. The van der Waals surface area contributed by atoms with Crippen LogP contribution in [0.1, 0.15) is 38.7 Å². The molecule has 18 heavy (non-hydrogen) atoms. The molecule has 0 heterocycles. The van der Waals surface area contributed by atoms with Gasteiger partial charge >= 0.3 is 0 Å². The third kappa shape index (κ3) is 4.57. The highest BCUT2D eigenvalue weighted by Gasteiger charge is 2.06. The van der Waals surface area contributed by atoms with Gasteiger partial charge in [-0.3, -0.25) is 0 Å². The summed E-state index contributed by atoms with van der Waals surface area (Å²) < 4.78 is 10.8. The number of benzene rings is 1. The van der Waals surface area contributed by atoms with Crippen LogP contribution in [0.25, 0.3) is 0 Å². The number of rotatable bonds is 8. The fourth-order valence-electron chi connectivity index (χ4n) is 1.91. The fourth-order valence-corrected chi connectivity index (χ4v) is 1.91. The first kappa shape index (κ1) is 14.8. The molecule has 0 spiro atoms. The number of hydrogen-bond acceptors (Lipinski definition) is 3. The first-order valence-electron chi connectivity index (χ1n) is 6.76. The molecule has 0 fully saturated rings. The van der Waals surface area contributed by atoms with Crippen molar-refractivity contribution >= 4 is 0 Å². The van der Waals surface area contributed by atoms with Crippen molar-refractivity contribution in [2.24, 2.45) is 5.73 Å². The van der Waals surface area contributed by atoms with Gasteiger partial charge in [0.1, 0.15) is 0 Å². The maximum Gasteiger partial charge on any atom is 0.161 e. The third-order valence-corrected chi connectivity index (χ3v) is 3.09. The summed E-state index contributed by atoms with van der Waals surface area (Å²) in [7, 11) is 1.68. The van der Waals surface area contributed by atoms with Gasteiger partial charge in [-0.1, -0.05) is 13.0 Å². The molecule has 0 aliphatic rings. The van der Waals surface area contributed by atoms with Crippen molar-refractivity contribution in [2.45, 2.75) is 45.6 Å². The monoisotopic (exact) mass is 251 g/mol. The molecule has 0 aliphatic carbocycles. The average molecular weight is 251 g/mol. The summed E-state index contributed by atoms with van der Waals surface area (Å²) in [5, 5.41) is 0. The van der Waals surface area contributed by atoms with Crippen LogP contribution in [0.4, 0.5) is 0 Å². The van der Waals surface area contributed by atoms with Crippen LogP contribution in [0, 0.1) is 0 Å². The Labute approximate surface area is 110 Å². The first-order valence-corrected chi connectivity index (χ1v) is 6.76. The van der Waals surface area contributed by atoms with Gasteiger partial charge in [0.25, 0.3) is 0 Å². The van der Waals surface area contributed by atoms with Gasteiger partial charge in [0.2, 0.25) is 0 Å². The van der Waals surface area contributed by atoms with E-state index in [1.807, 2.05) is 13.0 Å². The van der Waals surface area contributed by atoms with Gasteiger partial charge in [-0.15, -0.1) is 0 Å². The van der Waals surface area contributed by atoms with E-state index < -0.39 is 0 Å². The minimum atomic E-state index is 0.328. The Kier molecular flexibility index (Phi) is 6.58. The number of nitrogens with two attached hydrogens (primary N) is 1. The van der Waals surface area contributed by atoms with Crippen molar-refractivity contribution in [1.82, 2.24) is 0 Å². The molecule has 0 radical (unpaired) electrons. The minimum absolute atomic E-state index is 0.328. The van der Waals surface area contributed by atoms with Gasteiger partial charge in [0.05, 0.1) is 13.7 Å². The molecule has 0 aliphatic heterocycles. The van der Waals surface area contributed by atoms with E-state index in [4.69, 9.17) is 15.2 Å². The summed E-state index contributed by atoms with van der Waals surface area (Å²) in [6.07, 6.45) is 4.28. The fraction of sp³-hybridized carbons (Fsp3) is 0.600. The Morgan fingerprint density at radius 3 is 2.61 bits per heavy atom. The molecule has 102 valence electrons. The second kappa shape index (κ2) is 7.98. The lowest BCUT2D eigenvalue weighted by Crippen LogP contribution is -2.18. The largest absolute Gasteiger partial charge is 0.493 e. The molecule has 0 amide bonds. The van der Waals surface area contributed by atoms with Crippen LogP contribution in [0.2, 0.25) is 0 Å². The Balaban J connectivity index is 2.56. The van der Waals surface area contributed by atoms with Crippen molar-refractivity contribution < 1.29 is 9.47 Å². The van der Waals surface area contributed by atoms with Crippen LogP contribution < -0.4 is 15.2 Å². The van der Waals surface area contributed by atoms with Crippen LogP contribution in [-0.2, 0) is 6.42 Å². The summed E-state index contributed by atoms with van der Waals surface area (Å²) in [6.45, 7) is 4.76. The highest BCUT2D eigenvalue weighted by atomic mass is 16.5. The zero-order chi connectivity index (χ0) is 13.4. The van der Waals surface area contributed by atoms with E-state index in [-0.39, 0.29) is 0 Å². The van der Waals surface area contributed by atoms with E-state index >= 15 is 0 Å². The van der Waals surface area contributed by atoms with Crippen LogP contribution in [0.5, 0.6) is 11.5 Å². The number of ether oxygens (including phenoxy) is 2. The van der Waals surface area contributed by atoms with E-state index in [9.17, 15) is 0 Å². The van der Waals surface area contributed by atoms with Crippen molar-refractivity contribution in [3.05, 3.63) is 23.8 Å². The predicted octanol–water partition coefficient (Wildman–Crippen LogP) is 3.15. The van der Waals surface area contributed by atoms with Crippen LogP contribution >= 0.6 is 0 Å². The normalized spacial score (nSPS) is 12.2. The highest BCUT2D eigenvalue weighted by Crippen LogP contribution is 2.28. The van der Waals surface area contributed by atoms with Crippen LogP contribution in [0.15, 0.2) is 18.2 Å². The predicted molar refractivity (Wildman–Crippen MR) is 75.4 cm³/mol. The van der Waals surface area contributed by atoms with Gasteiger partial charge in [-0.05, 0) is 50.3 Å². The maximum atomic E-state index is 5.91. The van der Waals surface area contributed by atoms with Crippen molar-refractivity contribution in [1.29, 1.82) is 0 Å². The Bertz CT molecular complexity index is 352. The molecular formula is C15H25NO2. The Morgan fingerprint density at radius 2 is 2.00 bits per heavy atom. The van der Waals surface area contributed by atoms with E-state index in [2.05, 4.69) is 19.1 Å². The SMILES string of the molecule is CCOc1ccc(CCCC(N)CC)cc1OC. The maximum absolute atomic E-state index is 5.91. The summed E-state index contributed by atoms with van der Waals surface area (Å²) >= 11 is 0. The summed E-state index contributed by atoms with van der Waals surface area (Å²) in [4.78, 5) is 0. The lowest BCUT2D eigenvalue weighted by atomic mass is 10.0. The topological polar surface area (TPSA) is 44.5 Å². The van der Waals surface area contributed by atoms with Gasteiger partial charge < -0.3 is 15.2 Å².